The van der Waals surface area contributed by atoms with E-state index in [4.69, 9.17) is 10.1 Å². The van der Waals surface area contributed by atoms with E-state index in [0.717, 1.165) is 11.8 Å². The van der Waals surface area contributed by atoms with E-state index in [1.807, 2.05) is 26.8 Å². The van der Waals surface area contributed by atoms with Crippen molar-refractivity contribution in [2.75, 3.05) is 0 Å². The average Bonchev–Trinajstić information content (AvgIpc) is 2.30. The first-order valence-electron chi connectivity index (χ1n) is 6.49. The van der Waals surface area contributed by atoms with Crippen LogP contribution in [0.15, 0.2) is 18.3 Å². The highest BCUT2D eigenvalue weighted by molar-refractivity contribution is 5.94. The third kappa shape index (κ3) is 6.13. The van der Waals surface area contributed by atoms with Crippen molar-refractivity contribution >= 4 is 12.2 Å². The van der Waals surface area contributed by atoms with Crippen LogP contribution in [0.4, 0.5) is 0 Å². The first-order chi connectivity index (χ1) is 8.83. The molecule has 4 heteroatoms. The lowest BCUT2D eigenvalue weighted by atomic mass is 10.0. The molecule has 1 N–H and O–H groups in total. The Bertz CT molecular complexity index is 422. The SMILES string of the molecule is CC.Cc1ccnc(C(C=N)C(=O)OC(C)(C)C)c1. The van der Waals surface area contributed by atoms with Crippen LogP contribution in [0.25, 0.3) is 0 Å². The van der Waals surface area contributed by atoms with Gasteiger partial charge in [-0.15, -0.1) is 0 Å². The van der Waals surface area contributed by atoms with Crippen LogP contribution in [0.3, 0.4) is 0 Å². The Hall–Kier alpha value is -1.71. The molecular formula is C15H24N2O2. The predicted octanol–water partition coefficient (Wildman–Crippen LogP) is 3.49. The molecule has 1 rings (SSSR count). The summed E-state index contributed by atoms with van der Waals surface area (Å²) in [5.74, 6) is -1.17. The van der Waals surface area contributed by atoms with Crippen molar-refractivity contribution in [2.24, 2.45) is 0 Å². The Morgan fingerprint density at radius 3 is 2.42 bits per heavy atom. The maximum Gasteiger partial charge on any atom is 0.321 e. The van der Waals surface area contributed by atoms with E-state index in [0.29, 0.717) is 5.69 Å². The van der Waals surface area contributed by atoms with Crippen LogP contribution in [0.1, 0.15) is 51.8 Å². The van der Waals surface area contributed by atoms with Crippen molar-refractivity contribution in [2.45, 2.75) is 53.1 Å². The molecule has 1 unspecified atom stereocenters. The second-order valence-electron chi connectivity index (χ2n) is 4.94. The van der Waals surface area contributed by atoms with Crippen LogP contribution in [-0.2, 0) is 9.53 Å². The minimum atomic E-state index is -0.728. The summed E-state index contributed by atoms with van der Waals surface area (Å²) in [6, 6.07) is 3.64. The van der Waals surface area contributed by atoms with E-state index < -0.39 is 17.5 Å². The lowest BCUT2D eigenvalue weighted by Crippen LogP contribution is -2.28. The zero-order valence-electron chi connectivity index (χ0n) is 12.7. The summed E-state index contributed by atoms with van der Waals surface area (Å²) in [6.07, 6.45) is 2.70. The van der Waals surface area contributed by atoms with Crippen LogP contribution in [0.2, 0.25) is 0 Å². The van der Waals surface area contributed by atoms with Crippen molar-refractivity contribution < 1.29 is 9.53 Å². The molecule has 0 bridgehead atoms. The van der Waals surface area contributed by atoms with Crippen LogP contribution in [-0.4, -0.2) is 22.8 Å². The van der Waals surface area contributed by atoms with Gasteiger partial charge in [0.25, 0.3) is 0 Å². The molecule has 19 heavy (non-hydrogen) atoms. The van der Waals surface area contributed by atoms with Gasteiger partial charge in [0.15, 0.2) is 0 Å². The van der Waals surface area contributed by atoms with Crippen LogP contribution in [0.5, 0.6) is 0 Å². The third-order valence-corrected chi connectivity index (χ3v) is 2.08. The summed E-state index contributed by atoms with van der Waals surface area (Å²) in [6.45, 7) is 11.3. The average molecular weight is 264 g/mol. The molecule has 0 saturated heterocycles. The number of ether oxygens (including phenoxy) is 1. The zero-order chi connectivity index (χ0) is 15.1. The summed E-state index contributed by atoms with van der Waals surface area (Å²) in [7, 11) is 0. The molecule has 1 heterocycles. The van der Waals surface area contributed by atoms with Crippen molar-refractivity contribution in [3.05, 3.63) is 29.6 Å². The fraction of sp³-hybridized carbons (Fsp3) is 0.533. The van der Waals surface area contributed by atoms with E-state index in [1.54, 1.807) is 33.0 Å². The highest BCUT2D eigenvalue weighted by atomic mass is 16.6. The molecule has 1 atom stereocenters. The minimum Gasteiger partial charge on any atom is -0.459 e. The summed E-state index contributed by atoms with van der Waals surface area (Å²) < 4.78 is 5.25. The van der Waals surface area contributed by atoms with Gasteiger partial charge in [-0.05, 0) is 45.4 Å². The van der Waals surface area contributed by atoms with Crippen molar-refractivity contribution in [1.29, 1.82) is 5.41 Å². The first-order valence-corrected chi connectivity index (χ1v) is 6.49. The van der Waals surface area contributed by atoms with Gasteiger partial charge in [0, 0.05) is 12.4 Å². The Kier molecular flexibility index (Phi) is 6.98. The molecule has 4 nitrogen and oxygen atoms in total. The Morgan fingerprint density at radius 1 is 1.42 bits per heavy atom. The monoisotopic (exact) mass is 264 g/mol. The van der Waals surface area contributed by atoms with E-state index >= 15 is 0 Å². The molecule has 1 aromatic rings. The molecule has 1 aromatic heterocycles. The molecule has 0 radical (unpaired) electrons. The van der Waals surface area contributed by atoms with Gasteiger partial charge in [-0.3, -0.25) is 9.78 Å². The van der Waals surface area contributed by atoms with Crippen LogP contribution >= 0.6 is 0 Å². The lowest BCUT2D eigenvalue weighted by Gasteiger charge is -2.22. The summed E-state index contributed by atoms with van der Waals surface area (Å²) in [4.78, 5) is 16.0. The molecule has 0 fully saturated rings. The molecular weight excluding hydrogens is 240 g/mol. The highest BCUT2D eigenvalue weighted by Gasteiger charge is 2.25. The molecule has 0 aliphatic carbocycles. The number of nitrogens with zero attached hydrogens (tertiary/aromatic N) is 1. The summed E-state index contributed by atoms with van der Waals surface area (Å²) in [5.41, 5.74) is 1.00. The fourth-order valence-electron chi connectivity index (χ4n) is 1.37. The maximum absolute atomic E-state index is 11.9. The smallest absolute Gasteiger partial charge is 0.321 e. The highest BCUT2D eigenvalue weighted by Crippen LogP contribution is 2.18. The van der Waals surface area contributed by atoms with Crippen molar-refractivity contribution in [1.82, 2.24) is 4.98 Å². The number of aromatic nitrogens is 1. The van der Waals surface area contributed by atoms with E-state index in [-0.39, 0.29) is 0 Å². The van der Waals surface area contributed by atoms with Gasteiger partial charge in [-0.2, -0.15) is 0 Å². The Morgan fingerprint density at radius 2 is 2.00 bits per heavy atom. The van der Waals surface area contributed by atoms with E-state index in [9.17, 15) is 4.79 Å². The number of aryl methyl sites for hydroxylation is 1. The predicted molar refractivity (Wildman–Crippen MR) is 77.7 cm³/mol. The van der Waals surface area contributed by atoms with Gasteiger partial charge in [-0.25, -0.2) is 0 Å². The first kappa shape index (κ1) is 17.3. The third-order valence-electron chi connectivity index (χ3n) is 2.08. The summed E-state index contributed by atoms with van der Waals surface area (Å²) >= 11 is 0. The number of hydrogen-bond acceptors (Lipinski definition) is 4. The quantitative estimate of drug-likeness (QED) is 0.671. The summed E-state index contributed by atoms with van der Waals surface area (Å²) in [5, 5.41) is 7.34. The molecule has 106 valence electrons. The number of nitrogens with one attached hydrogen (secondary N) is 1. The standard InChI is InChI=1S/C13H18N2O2.C2H6/c1-9-5-6-15-11(7-9)10(8-14)12(16)17-13(2,3)4;1-2/h5-8,10,14H,1-4H3;1-2H3. The number of rotatable bonds is 3. The molecule has 0 aromatic carbocycles. The maximum atomic E-state index is 11.9. The molecule has 0 saturated carbocycles. The molecule has 0 amide bonds. The zero-order valence-corrected chi connectivity index (χ0v) is 12.7. The number of carbonyl (C=O) groups is 1. The van der Waals surface area contributed by atoms with Gasteiger partial charge in [0.1, 0.15) is 11.5 Å². The van der Waals surface area contributed by atoms with Crippen LogP contribution in [0, 0.1) is 12.3 Å². The van der Waals surface area contributed by atoms with Gasteiger partial charge < -0.3 is 10.1 Å². The van der Waals surface area contributed by atoms with E-state index in [1.165, 1.54) is 0 Å². The van der Waals surface area contributed by atoms with Crippen LogP contribution < -0.4 is 0 Å². The number of esters is 1. The van der Waals surface area contributed by atoms with Gasteiger partial charge in [-0.1, -0.05) is 13.8 Å². The number of carbonyl (C=O) groups excluding carboxylic acids is 1. The van der Waals surface area contributed by atoms with Gasteiger partial charge in [0.2, 0.25) is 0 Å². The molecule has 0 aliphatic rings. The van der Waals surface area contributed by atoms with Gasteiger partial charge >= 0.3 is 5.97 Å². The van der Waals surface area contributed by atoms with E-state index in [2.05, 4.69) is 4.98 Å². The Labute approximate surface area is 115 Å². The lowest BCUT2D eigenvalue weighted by molar-refractivity contribution is -0.154. The Balaban J connectivity index is 0.00000154. The van der Waals surface area contributed by atoms with Crippen molar-refractivity contribution in [3.63, 3.8) is 0 Å². The largest absolute Gasteiger partial charge is 0.459 e. The molecule has 0 spiro atoms. The van der Waals surface area contributed by atoms with Crippen molar-refractivity contribution in [3.8, 4) is 0 Å². The molecule has 0 aliphatic heterocycles. The minimum absolute atomic E-state index is 0.439. The van der Waals surface area contributed by atoms with Gasteiger partial charge in [0.05, 0.1) is 5.69 Å². The number of hydrogen-bond donors (Lipinski definition) is 1. The second kappa shape index (κ2) is 7.67. The number of pyridine rings is 1. The normalized spacial score (nSPS) is 11.9. The second-order valence-corrected chi connectivity index (χ2v) is 4.94. The topological polar surface area (TPSA) is 63.0 Å². The fourth-order valence-corrected chi connectivity index (χ4v) is 1.37.